The monoisotopic (exact) mass is 319 g/mol. The molecule has 124 valence electrons. The number of hydrogen-bond donors (Lipinski definition) is 1. The highest BCUT2D eigenvalue weighted by molar-refractivity contribution is 6.08. The summed E-state index contributed by atoms with van der Waals surface area (Å²) in [7, 11) is 1.25. The van der Waals surface area contributed by atoms with Crippen LogP contribution in [-0.4, -0.2) is 32.2 Å². The average molecular weight is 319 g/mol. The molecule has 0 fully saturated rings. The minimum absolute atomic E-state index is 0.144. The highest BCUT2D eigenvalue weighted by atomic mass is 16.5. The van der Waals surface area contributed by atoms with Crippen LogP contribution < -0.4 is 14.8 Å². The van der Waals surface area contributed by atoms with Gasteiger partial charge in [0.2, 0.25) is 0 Å². The van der Waals surface area contributed by atoms with E-state index in [1.54, 1.807) is 0 Å². The zero-order valence-corrected chi connectivity index (χ0v) is 13.6. The number of nitrogens with one attached hydrogen (secondary N) is 1. The second kappa shape index (κ2) is 9.36. The number of esters is 1. The van der Waals surface area contributed by atoms with E-state index in [-0.39, 0.29) is 11.3 Å². The van der Waals surface area contributed by atoms with E-state index >= 15 is 0 Å². The van der Waals surface area contributed by atoms with Crippen molar-refractivity contribution in [1.82, 2.24) is 0 Å². The molecule has 1 N–H and O–H groups in total. The number of benzene rings is 1. The fourth-order valence-corrected chi connectivity index (χ4v) is 1.75. The molecule has 0 aliphatic carbocycles. The molecule has 0 bridgehead atoms. The molecule has 6 nitrogen and oxygen atoms in total. The molecule has 0 radical (unpaired) electrons. The number of amides is 1. The molecule has 1 rings (SSSR count). The summed E-state index contributed by atoms with van der Waals surface area (Å²) in [6.45, 7) is 4.88. The van der Waals surface area contributed by atoms with Crippen LogP contribution in [0, 0.1) is 12.3 Å². The SMILES string of the molecule is C#CC(=O)Nc1cc(OCCC)c(OCCC)cc1C(=O)OC. The third kappa shape index (κ3) is 5.22. The Morgan fingerprint density at radius 2 is 1.70 bits per heavy atom. The molecule has 0 aromatic heterocycles. The van der Waals surface area contributed by atoms with Crippen molar-refractivity contribution in [3.8, 4) is 23.8 Å². The van der Waals surface area contributed by atoms with Crippen molar-refractivity contribution in [3.05, 3.63) is 17.7 Å². The van der Waals surface area contributed by atoms with Gasteiger partial charge in [0.1, 0.15) is 0 Å². The van der Waals surface area contributed by atoms with Gasteiger partial charge in [-0.1, -0.05) is 13.8 Å². The van der Waals surface area contributed by atoms with E-state index in [0.29, 0.717) is 24.7 Å². The van der Waals surface area contributed by atoms with Crippen LogP contribution in [0.1, 0.15) is 37.0 Å². The number of ether oxygens (including phenoxy) is 3. The summed E-state index contributed by atoms with van der Waals surface area (Å²) >= 11 is 0. The lowest BCUT2D eigenvalue weighted by Crippen LogP contribution is -2.14. The maximum atomic E-state index is 11.9. The van der Waals surface area contributed by atoms with E-state index in [1.807, 2.05) is 19.8 Å². The topological polar surface area (TPSA) is 73.9 Å². The summed E-state index contributed by atoms with van der Waals surface area (Å²) < 4.78 is 16.0. The van der Waals surface area contributed by atoms with Gasteiger partial charge in [0.25, 0.3) is 5.91 Å². The van der Waals surface area contributed by atoms with Crippen LogP contribution in [0.25, 0.3) is 0 Å². The number of rotatable bonds is 8. The second-order valence-corrected chi connectivity index (χ2v) is 4.63. The van der Waals surface area contributed by atoms with Gasteiger partial charge in [-0.25, -0.2) is 4.79 Å². The van der Waals surface area contributed by atoms with Crippen molar-refractivity contribution in [2.75, 3.05) is 25.6 Å². The Hall–Kier alpha value is -2.68. The smallest absolute Gasteiger partial charge is 0.340 e. The Balaban J connectivity index is 3.31. The quantitative estimate of drug-likeness (QED) is 0.589. The normalized spacial score (nSPS) is 9.65. The number of carbonyl (C=O) groups excluding carboxylic acids is 2. The lowest BCUT2D eigenvalue weighted by Gasteiger charge is -2.16. The first-order valence-corrected chi connectivity index (χ1v) is 7.36. The van der Waals surface area contributed by atoms with E-state index in [0.717, 1.165) is 12.8 Å². The van der Waals surface area contributed by atoms with Gasteiger partial charge in [-0.2, -0.15) is 0 Å². The Kier molecular flexibility index (Phi) is 7.48. The largest absolute Gasteiger partial charge is 0.490 e. The Morgan fingerprint density at radius 1 is 1.13 bits per heavy atom. The number of hydrogen-bond acceptors (Lipinski definition) is 5. The fourth-order valence-electron chi connectivity index (χ4n) is 1.75. The first kappa shape index (κ1) is 18.4. The van der Waals surface area contributed by atoms with Crippen LogP contribution in [0.4, 0.5) is 5.69 Å². The molecule has 1 amide bonds. The lowest BCUT2D eigenvalue weighted by molar-refractivity contribution is -0.111. The van der Waals surface area contributed by atoms with Crippen LogP contribution in [0.5, 0.6) is 11.5 Å². The van der Waals surface area contributed by atoms with Gasteiger partial charge in [-0.3, -0.25) is 4.79 Å². The summed E-state index contributed by atoms with van der Waals surface area (Å²) in [5, 5.41) is 2.46. The molecule has 1 aromatic carbocycles. The number of anilines is 1. The molecule has 0 aliphatic rings. The second-order valence-electron chi connectivity index (χ2n) is 4.63. The first-order chi connectivity index (χ1) is 11.1. The van der Waals surface area contributed by atoms with Crippen LogP contribution in [0.3, 0.4) is 0 Å². The minimum atomic E-state index is -0.668. The maximum absolute atomic E-state index is 11.9. The molecule has 0 atom stereocenters. The van der Waals surface area contributed by atoms with Gasteiger partial charge in [-0.15, -0.1) is 6.42 Å². The predicted molar refractivity (Wildman–Crippen MR) is 86.8 cm³/mol. The fraction of sp³-hybridized carbons (Fsp3) is 0.412. The minimum Gasteiger partial charge on any atom is -0.490 e. The summed E-state index contributed by atoms with van der Waals surface area (Å²) in [5.74, 6) is 1.50. The summed E-state index contributed by atoms with van der Waals surface area (Å²) in [5.41, 5.74) is 0.362. The van der Waals surface area contributed by atoms with Crippen molar-refractivity contribution in [1.29, 1.82) is 0 Å². The summed E-state index contributed by atoms with van der Waals surface area (Å²) in [6, 6.07) is 3.00. The van der Waals surface area contributed by atoms with E-state index < -0.39 is 11.9 Å². The van der Waals surface area contributed by atoms with E-state index in [2.05, 4.69) is 5.32 Å². The number of terminal acetylenes is 1. The van der Waals surface area contributed by atoms with Gasteiger partial charge in [0.05, 0.1) is 31.6 Å². The van der Waals surface area contributed by atoms with Crippen molar-refractivity contribution in [3.63, 3.8) is 0 Å². The molecule has 6 heteroatoms. The van der Waals surface area contributed by atoms with Crippen LogP contribution in [0.2, 0.25) is 0 Å². The molecule has 0 saturated heterocycles. The van der Waals surface area contributed by atoms with Gasteiger partial charge < -0.3 is 19.5 Å². The van der Waals surface area contributed by atoms with Crippen LogP contribution in [0.15, 0.2) is 12.1 Å². The average Bonchev–Trinajstić information content (AvgIpc) is 2.57. The third-order valence-corrected chi connectivity index (χ3v) is 2.79. The zero-order chi connectivity index (χ0) is 17.2. The van der Waals surface area contributed by atoms with Crippen LogP contribution in [-0.2, 0) is 9.53 Å². The third-order valence-electron chi connectivity index (χ3n) is 2.79. The molecular formula is C17H21NO5. The van der Waals surface area contributed by atoms with Gasteiger partial charge >= 0.3 is 5.97 Å². The van der Waals surface area contributed by atoms with E-state index in [1.165, 1.54) is 19.2 Å². The molecule has 23 heavy (non-hydrogen) atoms. The molecule has 0 spiro atoms. The van der Waals surface area contributed by atoms with Crippen molar-refractivity contribution >= 4 is 17.6 Å². The maximum Gasteiger partial charge on any atom is 0.340 e. The standard InChI is InChI=1S/C17H21NO5/c1-5-8-22-14-10-12(17(20)21-4)13(18-16(19)7-3)11-15(14)23-9-6-2/h3,10-11H,5-6,8-9H2,1-2,4H3,(H,18,19). The molecule has 1 aromatic rings. The van der Waals surface area contributed by atoms with E-state index in [9.17, 15) is 9.59 Å². The zero-order valence-electron chi connectivity index (χ0n) is 13.6. The summed E-state index contributed by atoms with van der Waals surface area (Å²) in [4.78, 5) is 23.4. The Labute approximate surface area is 136 Å². The van der Waals surface area contributed by atoms with Crippen LogP contribution >= 0.6 is 0 Å². The molecule has 0 unspecified atom stereocenters. The predicted octanol–water partition coefficient (Wildman–Crippen LogP) is 2.62. The van der Waals surface area contributed by atoms with Crippen molar-refractivity contribution < 1.29 is 23.8 Å². The Bertz CT molecular complexity index is 604. The van der Waals surface area contributed by atoms with Crippen molar-refractivity contribution in [2.45, 2.75) is 26.7 Å². The summed E-state index contributed by atoms with van der Waals surface area (Å²) in [6.07, 6.45) is 6.66. The van der Waals surface area contributed by atoms with Gasteiger partial charge in [-0.05, 0) is 18.8 Å². The Morgan fingerprint density at radius 3 is 2.17 bits per heavy atom. The first-order valence-electron chi connectivity index (χ1n) is 7.36. The molecule has 0 heterocycles. The lowest BCUT2D eigenvalue weighted by atomic mass is 10.1. The van der Waals surface area contributed by atoms with E-state index in [4.69, 9.17) is 20.6 Å². The highest BCUT2D eigenvalue weighted by Crippen LogP contribution is 2.34. The van der Waals surface area contributed by atoms with Crippen molar-refractivity contribution in [2.24, 2.45) is 0 Å². The molecule has 0 saturated carbocycles. The highest BCUT2D eigenvalue weighted by Gasteiger charge is 2.19. The number of carbonyl (C=O) groups is 2. The number of methoxy groups -OCH3 is 1. The molecular weight excluding hydrogens is 298 g/mol. The van der Waals surface area contributed by atoms with Gasteiger partial charge in [0.15, 0.2) is 11.5 Å². The molecule has 0 aliphatic heterocycles. The van der Waals surface area contributed by atoms with Gasteiger partial charge in [0, 0.05) is 12.1 Å².